The lowest BCUT2D eigenvalue weighted by atomic mass is 9.78. The number of carbonyl (C=O) groups is 2. The maximum absolute atomic E-state index is 12.7. The van der Waals surface area contributed by atoms with Crippen LogP contribution < -0.4 is 4.74 Å². The first-order valence-corrected chi connectivity index (χ1v) is 12.5. The van der Waals surface area contributed by atoms with E-state index in [0.29, 0.717) is 37.2 Å². The average molecular weight is 506 g/mol. The number of ketones is 1. The Bertz CT molecular complexity index is 937. The Morgan fingerprint density at radius 3 is 2.60 bits per heavy atom. The second-order valence-electron chi connectivity index (χ2n) is 9.09. The second kappa shape index (κ2) is 12.1. The first kappa shape index (κ1) is 27.3. The topological polar surface area (TPSA) is 94.5 Å². The van der Waals surface area contributed by atoms with Crippen LogP contribution in [0, 0.1) is 0 Å². The lowest BCUT2D eigenvalue weighted by Crippen LogP contribution is -2.58. The number of carbonyl (C=O) groups excluding carboxylic acids is 2. The van der Waals surface area contributed by atoms with Crippen LogP contribution in [0.3, 0.4) is 0 Å². The summed E-state index contributed by atoms with van der Waals surface area (Å²) < 4.78 is 24.1. The van der Waals surface area contributed by atoms with Gasteiger partial charge in [0, 0.05) is 37.5 Å². The van der Waals surface area contributed by atoms with E-state index in [4.69, 9.17) is 31.2 Å². The molecule has 2 aliphatic rings. The molecule has 1 amide bonds. The third-order valence-corrected chi connectivity index (χ3v) is 6.64. The number of thiocarbonyl (C=S) groups is 1. The summed E-state index contributed by atoms with van der Waals surface area (Å²) >= 11 is 5.35. The minimum Gasteiger partial charge on any atom is -0.445 e. The van der Waals surface area contributed by atoms with Crippen molar-refractivity contribution in [3.8, 4) is 5.75 Å². The lowest BCUT2D eigenvalue weighted by molar-refractivity contribution is -0.166. The fourth-order valence-electron chi connectivity index (χ4n) is 4.46. The number of amides is 1. The molecule has 3 rings (SSSR count). The van der Waals surface area contributed by atoms with Crippen molar-refractivity contribution in [1.29, 1.82) is 0 Å². The number of ether oxygens (including phenoxy) is 4. The average Bonchev–Trinajstić information content (AvgIpc) is 3.10. The van der Waals surface area contributed by atoms with Crippen molar-refractivity contribution in [2.75, 3.05) is 6.61 Å². The standard InChI is InChI=1S/C26H35NO7S/c1-5-6-15-31-21-13-10-14-26(30)22(21)33-24(27(19(4)29)16-17(2)18(3)28)23(26)34-25(35)32-20-11-8-7-9-12-20/h7-9,11-12,16,21-24,30H,5-6,10,13-15H2,1-4H3/b17-16-/t21-,22+,23+,24-,26-/m1/s1. The van der Waals surface area contributed by atoms with Crippen LogP contribution in [0.15, 0.2) is 42.1 Å². The van der Waals surface area contributed by atoms with E-state index >= 15 is 0 Å². The third kappa shape index (κ3) is 6.46. The number of hydrogen-bond acceptors (Lipinski definition) is 8. The Morgan fingerprint density at radius 2 is 1.97 bits per heavy atom. The van der Waals surface area contributed by atoms with E-state index in [9.17, 15) is 14.7 Å². The number of nitrogens with zero attached hydrogens (tertiary/aromatic N) is 1. The molecule has 1 aromatic rings. The summed E-state index contributed by atoms with van der Waals surface area (Å²) in [6, 6.07) is 8.91. The van der Waals surface area contributed by atoms with Crippen LogP contribution in [-0.4, -0.2) is 63.7 Å². The van der Waals surface area contributed by atoms with Crippen molar-refractivity contribution >= 4 is 29.1 Å². The van der Waals surface area contributed by atoms with Crippen LogP contribution in [0.25, 0.3) is 0 Å². The Morgan fingerprint density at radius 1 is 1.26 bits per heavy atom. The molecule has 1 heterocycles. The molecular formula is C26H35NO7S. The molecule has 1 aliphatic carbocycles. The highest BCUT2D eigenvalue weighted by Gasteiger charge is 2.63. The maximum Gasteiger partial charge on any atom is 0.358 e. The Balaban J connectivity index is 1.93. The van der Waals surface area contributed by atoms with Crippen LogP contribution in [0.2, 0.25) is 0 Å². The highest BCUT2D eigenvalue weighted by atomic mass is 32.1. The van der Waals surface area contributed by atoms with Gasteiger partial charge in [-0.25, -0.2) is 0 Å². The van der Waals surface area contributed by atoms with Crippen molar-refractivity contribution in [2.24, 2.45) is 0 Å². The molecule has 0 unspecified atom stereocenters. The lowest BCUT2D eigenvalue weighted by Gasteiger charge is -2.40. The number of unbranched alkanes of at least 4 members (excludes halogenated alkanes) is 1. The molecule has 1 saturated carbocycles. The van der Waals surface area contributed by atoms with Gasteiger partial charge in [0.05, 0.1) is 6.10 Å². The van der Waals surface area contributed by atoms with Gasteiger partial charge in [-0.2, -0.15) is 0 Å². The fraction of sp³-hybridized carbons (Fsp3) is 0.577. The molecule has 2 fully saturated rings. The van der Waals surface area contributed by atoms with Gasteiger partial charge in [0.15, 0.2) is 18.1 Å². The number of Topliss-reactive ketones (excluding diaryl/α,β-unsaturated/α-hetero) is 1. The molecule has 9 heteroatoms. The maximum atomic E-state index is 12.7. The molecule has 0 aromatic heterocycles. The van der Waals surface area contributed by atoms with Crippen LogP contribution in [0.4, 0.5) is 0 Å². The molecule has 1 aromatic carbocycles. The molecule has 1 aliphatic heterocycles. The van der Waals surface area contributed by atoms with Gasteiger partial charge in [0.2, 0.25) is 5.91 Å². The zero-order valence-corrected chi connectivity index (χ0v) is 21.6. The van der Waals surface area contributed by atoms with Crippen molar-refractivity contribution < 1.29 is 33.6 Å². The Kier molecular flexibility index (Phi) is 9.40. The van der Waals surface area contributed by atoms with Crippen LogP contribution in [0.1, 0.15) is 59.8 Å². The molecule has 0 spiro atoms. The van der Waals surface area contributed by atoms with Crippen molar-refractivity contribution in [3.63, 3.8) is 0 Å². The molecule has 8 nitrogen and oxygen atoms in total. The van der Waals surface area contributed by atoms with Crippen LogP contribution >= 0.6 is 12.2 Å². The highest BCUT2D eigenvalue weighted by Crippen LogP contribution is 2.45. The fourth-order valence-corrected chi connectivity index (χ4v) is 4.66. The normalized spacial score (nSPS) is 28.2. The number of fused-ring (bicyclic) bond motifs is 1. The van der Waals surface area contributed by atoms with E-state index in [2.05, 4.69) is 6.92 Å². The summed E-state index contributed by atoms with van der Waals surface area (Å²) in [5.41, 5.74) is -1.11. The van der Waals surface area contributed by atoms with Gasteiger partial charge in [0.25, 0.3) is 0 Å². The predicted molar refractivity (Wildman–Crippen MR) is 134 cm³/mol. The van der Waals surface area contributed by atoms with Crippen molar-refractivity contribution in [3.05, 3.63) is 42.1 Å². The Hall–Kier alpha value is -2.33. The third-order valence-electron chi connectivity index (χ3n) is 6.46. The SMILES string of the molecule is CCCCO[C@@H]1CCC[C@]2(O)[C@@H](OC(=S)Oc3ccccc3)[C@H](N(/C=C(/C)C(C)=O)C(C)=O)O[C@@H]12. The first-order chi connectivity index (χ1) is 16.7. The quantitative estimate of drug-likeness (QED) is 0.307. The number of hydrogen-bond donors (Lipinski definition) is 1. The number of para-hydroxylation sites is 1. The van der Waals surface area contributed by atoms with Gasteiger partial charge >= 0.3 is 5.24 Å². The van der Waals surface area contributed by atoms with Crippen LogP contribution in [-0.2, 0) is 23.8 Å². The monoisotopic (exact) mass is 505 g/mol. The molecule has 35 heavy (non-hydrogen) atoms. The van der Waals surface area contributed by atoms with Gasteiger partial charge in [0.1, 0.15) is 17.5 Å². The van der Waals surface area contributed by atoms with Crippen molar-refractivity contribution in [1.82, 2.24) is 4.90 Å². The van der Waals surface area contributed by atoms with Gasteiger partial charge < -0.3 is 24.1 Å². The Labute approximate surface area is 212 Å². The number of benzene rings is 1. The van der Waals surface area contributed by atoms with Crippen LogP contribution in [0.5, 0.6) is 5.75 Å². The molecule has 0 bridgehead atoms. The van der Waals surface area contributed by atoms with E-state index in [1.165, 1.54) is 24.9 Å². The summed E-state index contributed by atoms with van der Waals surface area (Å²) in [6.07, 6.45) is 1.88. The van der Waals surface area contributed by atoms with E-state index in [1.807, 2.05) is 6.07 Å². The summed E-state index contributed by atoms with van der Waals surface area (Å²) in [5.74, 6) is -0.0759. The largest absolute Gasteiger partial charge is 0.445 e. The summed E-state index contributed by atoms with van der Waals surface area (Å²) in [4.78, 5) is 25.9. The first-order valence-electron chi connectivity index (χ1n) is 12.1. The van der Waals surface area contributed by atoms with E-state index in [-0.39, 0.29) is 23.0 Å². The van der Waals surface area contributed by atoms with E-state index in [1.54, 1.807) is 31.2 Å². The molecule has 1 saturated heterocycles. The van der Waals surface area contributed by atoms with Gasteiger partial charge in [-0.05, 0) is 51.7 Å². The highest BCUT2D eigenvalue weighted by molar-refractivity contribution is 7.79. The minimum atomic E-state index is -1.48. The summed E-state index contributed by atoms with van der Waals surface area (Å²) in [7, 11) is 0. The minimum absolute atomic E-state index is 0.188. The summed E-state index contributed by atoms with van der Waals surface area (Å²) in [6.45, 7) is 7.02. The molecule has 5 atom stereocenters. The number of allylic oxidation sites excluding steroid dienone is 1. The molecule has 0 radical (unpaired) electrons. The molecular weight excluding hydrogens is 470 g/mol. The predicted octanol–water partition coefficient (Wildman–Crippen LogP) is 3.90. The zero-order valence-electron chi connectivity index (χ0n) is 20.8. The van der Waals surface area contributed by atoms with E-state index in [0.717, 1.165) is 12.8 Å². The summed E-state index contributed by atoms with van der Waals surface area (Å²) in [5, 5.41) is 11.7. The molecule has 1 N–H and O–H groups in total. The smallest absolute Gasteiger partial charge is 0.358 e. The van der Waals surface area contributed by atoms with Gasteiger partial charge in [-0.1, -0.05) is 31.5 Å². The second-order valence-corrected chi connectivity index (χ2v) is 9.42. The molecule has 192 valence electrons. The van der Waals surface area contributed by atoms with Gasteiger partial charge in [-0.15, -0.1) is 0 Å². The zero-order chi connectivity index (χ0) is 25.6. The number of aliphatic hydroxyl groups is 1. The van der Waals surface area contributed by atoms with Crippen molar-refractivity contribution in [2.45, 2.75) is 89.9 Å². The van der Waals surface area contributed by atoms with E-state index < -0.39 is 24.0 Å². The van der Waals surface area contributed by atoms with Gasteiger partial charge in [-0.3, -0.25) is 14.5 Å². The number of rotatable bonds is 9.